The van der Waals surface area contributed by atoms with E-state index in [4.69, 9.17) is 9.97 Å². The van der Waals surface area contributed by atoms with E-state index in [-0.39, 0.29) is 5.92 Å². The van der Waals surface area contributed by atoms with Gasteiger partial charge in [0.2, 0.25) is 0 Å². The van der Waals surface area contributed by atoms with Crippen molar-refractivity contribution in [2.75, 3.05) is 0 Å². The molecule has 38 heavy (non-hydrogen) atoms. The number of aromatic nitrogens is 2. The van der Waals surface area contributed by atoms with Crippen molar-refractivity contribution in [3.8, 4) is 22.4 Å². The second-order valence-corrected chi connectivity index (χ2v) is 11.1. The number of fused-ring (bicyclic) bond motifs is 7. The highest BCUT2D eigenvalue weighted by Crippen LogP contribution is 2.45. The van der Waals surface area contributed by atoms with Crippen LogP contribution in [0.4, 0.5) is 0 Å². The molecule has 0 spiro atoms. The van der Waals surface area contributed by atoms with Crippen molar-refractivity contribution >= 4 is 42.5 Å². The molecule has 1 aliphatic rings. The summed E-state index contributed by atoms with van der Waals surface area (Å²) in [5.74, 6) is 0.152. The molecule has 5 aromatic carbocycles. The number of rotatable bonds is 2. The molecule has 3 heteroatoms. The maximum atomic E-state index is 5.43. The Morgan fingerprint density at radius 2 is 1.39 bits per heavy atom. The zero-order chi connectivity index (χ0) is 25.1. The summed E-state index contributed by atoms with van der Waals surface area (Å²) in [6, 6.07) is 41.5. The van der Waals surface area contributed by atoms with Crippen molar-refractivity contribution in [3.05, 3.63) is 132 Å². The van der Waals surface area contributed by atoms with E-state index in [0.717, 1.165) is 40.1 Å². The molecular weight excluding hydrogens is 480 g/mol. The summed E-state index contributed by atoms with van der Waals surface area (Å²) in [5, 5.41) is 3.78. The van der Waals surface area contributed by atoms with Gasteiger partial charge in [-0.15, -0.1) is 11.3 Å². The topological polar surface area (TPSA) is 25.8 Å². The van der Waals surface area contributed by atoms with Crippen LogP contribution in [0.25, 0.3) is 53.6 Å². The second-order valence-electron chi connectivity index (χ2n) is 10.1. The van der Waals surface area contributed by atoms with Gasteiger partial charge in [-0.05, 0) is 58.0 Å². The SMILES string of the molecule is c1ccc(-c2nc3c(nc2C2CCc4cc5ccccc5cc4-c4ccccc42)sc2ccccc23)cc1. The van der Waals surface area contributed by atoms with Crippen molar-refractivity contribution in [3.63, 3.8) is 0 Å². The molecule has 0 saturated carbocycles. The number of benzene rings is 5. The third-order valence-corrected chi connectivity index (χ3v) is 8.97. The van der Waals surface area contributed by atoms with Crippen molar-refractivity contribution in [1.29, 1.82) is 0 Å². The lowest BCUT2D eigenvalue weighted by molar-refractivity contribution is 0.707. The Hall–Kier alpha value is -4.34. The summed E-state index contributed by atoms with van der Waals surface area (Å²) in [4.78, 5) is 11.8. The van der Waals surface area contributed by atoms with E-state index in [2.05, 4.69) is 115 Å². The van der Waals surface area contributed by atoms with E-state index in [9.17, 15) is 0 Å². The smallest absolute Gasteiger partial charge is 0.143 e. The summed E-state index contributed by atoms with van der Waals surface area (Å²) in [7, 11) is 0. The molecule has 8 rings (SSSR count). The lowest BCUT2D eigenvalue weighted by atomic mass is 9.86. The Balaban J connectivity index is 1.39. The molecule has 0 N–H and O–H groups in total. The summed E-state index contributed by atoms with van der Waals surface area (Å²) in [5.41, 5.74) is 9.62. The summed E-state index contributed by atoms with van der Waals surface area (Å²) in [6.07, 6.45) is 1.99. The maximum absolute atomic E-state index is 5.43. The van der Waals surface area contributed by atoms with Gasteiger partial charge in [-0.25, -0.2) is 9.97 Å². The highest BCUT2D eigenvalue weighted by atomic mass is 32.1. The first-order valence-corrected chi connectivity index (χ1v) is 14.0. The van der Waals surface area contributed by atoms with E-state index in [1.807, 2.05) is 0 Å². The zero-order valence-electron chi connectivity index (χ0n) is 20.8. The highest BCUT2D eigenvalue weighted by molar-refractivity contribution is 7.25. The van der Waals surface area contributed by atoms with E-state index >= 15 is 0 Å². The monoisotopic (exact) mass is 504 g/mol. The first kappa shape index (κ1) is 21.7. The number of aryl methyl sites for hydroxylation is 1. The highest BCUT2D eigenvalue weighted by Gasteiger charge is 2.28. The number of thiophene rings is 1. The van der Waals surface area contributed by atoms with E-state index in [0.29, 0.717) is 0 Å². The minimum atomic E-state index is 0.152. The van der Waals surface area contributed by atoms with Gasteiger partial charge in [0.25, 0.3) is 0 Å². The second kappa shape index (κ2) is 8.61. The largest absolute Gasteiger partial charge is 0.243 e. The average molecular weight is 505 g/mol. The molecule has 1 unspecified atom stereocenters. The van der Waals surface area contributed by atoms with E-state index < -0.39 is 0 Å². The van der Waals surface area contributed by atoms with Crippen molar-refractivity contribution < 1.29 is 0 Å². The van der Waals surface area contributed by atoms with E-state index in [1.165, 1.54) is 43.1 Å². The molecule has 2 heterocycles. The minimum Gasteiger partial charge on any atom is -0.243 e. The van der Waals surface area contributed by atoms with Crippen molar-refractivity contribution in [2.45, 2.75) is 18.8 Å². The zero-order valence-corrected chi connectivity index (χ0v) is 21.6. The summed E-state index contributed by atoms with van der Waals surface area (Å²) < 4.78 is 1.24. The Kier molecular flexibility index (Phi) is 4.92. The van der Waals surface area contributed by atoms with Gasteiger partial charge in [0, 0.05) is 21.6 Å². The molecule has 180 valence electrons. The van der Waals surface area contributed by atoms with Crippen LogP contribution in [0.5, 0.6) is 0 Å². The minimum absolute atomic E-state index is 0.152. The molecule has 7 aromatic rings. The predicted octanol–water partition coefficient (Wildman–Crippen LogP) is 9.41. The molecule has 2 nitrogen and oxygen atoms in total. The molecular formula is C35H24N2S. The fourth-order valence-electron chi connectivity index (χ4n) is 6.12. The fraction of sp³-hybridized carbons (Fsp3) is 0.0857. The molecule has 1 atom stereocenters. The fourth-order valence-corrected chi connectivity index (χ4v) is 7.14. The molecule has 1 aliphatic carbocycles. The third-order valence-electron chi connectivity index (χ3n) is 7.92. The predicted molar refractivity (Wildman–Crippen MR) is 160 cm³/mol. The summed E-state index contributed by atoms with van der Waals surface area (Å²) >= 11 is 1.75. The number of nitrogens with zero attached hydrogens (tertiary/aromatic N) is 2. The van der Waals surface area contributed by atoms with Gasteiger partial charge >= 0.3 is 0 Å². The van der Waals surface area contributed by atoms with Crippen LogP contribution in [-0.4, -0.2) is 9.97 Å². The van der Waals surface area contributed by atoms with Crippen LogP contribution < -0.4 is 0 Å². The van der Waals surface area contributed by atoms with Crippen LogP contribution in [0.15, 0.2) is 115 Å². The van der Waals surface area contributed by atoms with Crippen LogP contribution in [0.2, 0.25) is 0 Å². The van der Waals surface area contributed by atoms with Crippen LogP contribution in [0.1, 0.15) is 29.2 Å². The van der Waals surface area contributed by atoms with Gasteiger partial charge in [-0.3, -0.25) is 0 Å². The Bertz CT molecular complexity index is 1990. The lowest BCUT2D eigenvalue weighted by Crippen LogP contribution is -2.08. The average Bonchev–Trinajstić information content (AvgIpc) is 3.26. The first-order chi connectivity index (χ1) is 18.8. The standard InChI is InChI=1S/C35H24N2S/c1-2-10-22(11-3-1)32-33(37-35-34(36-32)29-16-8-9-17-31(29)38-35)28-19-18-25-20-23-12-4-5-13-24(23)21-30(25)27-15-7-6-14-26(27)28/h1-17,20-21,28H,18-19H2. The molecule has 2 aromatic heterocycles. The van der Waals surface area contributed by atoms with Crippen LogP contribution in [0.3, 0.4) is 0 Å². The van der Waals surface area contributed by atoms with Gasteiger partial charge in [-0.2, -0.15) is 0 Å². The van der Waals surface area contributed by atoms with E-state index in [1.54, 1.807) is 11.3 Å². The van der Waals surface area contributed by atoms with Gasteiger partial charge in [0.05, 0.1) is 11.4 Å². The number of hydrogen-bond donors (Lipinski definition) is 0. The third kappa shape index (κ3) is 3.39. The molecule has 0 saturated heterocycles. The van der Waals surface area contributed by atoms with Crippen LogP contribution >= 0.6 is 11.3 Å². The van der Waals surface area contributed by atoms with Gasteiger partial charge in [0.15, 0.2) is 0 Å². The Morgan fingerprint density at radius 1 is 0.658 bits per heavy atom. The van der Waals surface area contributed by atoms with Crippen molar-refractivity contribution in [2.24, 2.45) is 0 Å². The van der Waals surface area contributed by atoms with Crippen LogP contribution in [0, 0.1) is 0 Å². The first-order valence-electron chi connectivity index (χ1n) is 13.2. The number of hydrogen-bond acceptors (Lipinski definition) is 3. The molecule has 0 amide bonds. The van der Waals surface area contributed by atoms with Crippen LogP contribution in [-0.2, 0) is 6.42 Å². The molecule has 0 bridgehead atoms. The maximum Gasteiger partial charge on any atom is 0.143 e. The molecule has 0 aliphatic heterocycles. The molecule has 0 radical (unpaired) electrons. The lowest BCUT2D eigenvalue weighted by Gasteiger charge is -2.20. The normalized spacial score (nSPS) is 14.9. The Morgan fingerprint density at radius 3 is 2.29 bits per heavy atom. The van der Waals surface area contributed by atoms with Gasteiger partial charge < -0.3 is 0 Å². The van der Waals surface area contributed by atoms with Gasteiger partial charge in [0.1, 0.15) is 10.3 Å². The van der Waals surface area contributed by atoms with Gasteiger partial charge in [-0.1, -0.05) is 103 Å². The molecule has 0 fully saturated rings. The quantitative estimate of drug-likeness (QED) is 0.234. The summed E-state index contributed by atoms with van der Waals surface area (Å²) in [6.45, 7) is 0. The van der Waals surface area contributed by atoms with Crippen molar-refractivity contribution in [1.82, 2.24) is 9.97 Å². The Labute approximate surface area is 225 Å².